The van der Waals surface area contributed by atoms with Crippen molar-refractivity contribution in [2.45, 2.75) is 20.0 Å². The topological polar surface area (TPSA) is 47.0 Å². The molecule has 0 spiro atoms. The highest BCUT2D eigenvalue weighted by atomic mass is 35.5. The molecule has 1 aromatic carbocycles. The van der Waals surface area contributed by atoms with E-state index in [1.165, 1.54) is 11.5 Å². The molecule has 2 aromatic rings. The molecule has 19 heavy (non-hydrogen) atoms. The van der Waals surface area contributed by atoms with Crippen molar-refractivity contribution in [1.82, 2.24) is 9.59 Å². The molecule has 0 saturated carbocycles. The number of benzene rings is 1. The lowest BCUT2D eigenvalue weighted by molar-refractivity contribution is 0.302. The molecule has 102 valence electrons. The molecular weight excluding hydrogens is 305 g/mol. The number of rotatable bonds is 6. The summed E-state index contributed by atoms with van der Waals surface area (Å²) in [4.78, 5) is 0. The lowest BCUT2D eigenvalue weighted by Gasteiger charge is -2.08. The first-order valence-electron chi connectivity index (χ1n) is 5.83. The van der Waals surface area contributed by atoms with Gasteiger partial charge >= 0.3 is 0 Å². The van der Waals surface area contributed by atoms with E-state index in [2.05, 4.69) is 21.8 Å². The van der Waals surface area contributed by atoms with Crippen molar-refractivity contribution in [1.29, 1.82) is 0 Å². The van der Waals surface area contributed by atoms with Gasteiger partial charge in [-0.15, -0.1) is 5.10 Å². The lowest BCUT2D eigenvalue weighted by atomic mass is 10.3. The average Bonchev–Trinajstić information content (AvgIpc) is 2.83. The summed E-state index contributed by atoms with van der Waals surface area (Å²) in [5.41, 5.74) is 0.782. The maximum Gasteiger partial charge on any atom is 0.138 e. The summed E-state index contributed by atoms with van der Waals surface area (Å²) in [6, 6.07) is 5.12. The molecule has 0 atom stereocenters. The van der Waals surface area contributed by atoms with Gasteiger partial charge < -0.3 is 10.1 Å². The van der Waals surface area contributed by atoms with E-state index >= 15 is 0 Å². The third-order valence-corrected chi connectivity index (χ3v) is 3.61. The van der Waals surface area contributed by atoms with Gasteiger partial charge in [-0.3, -0.25) is 0 Å². The maximum atomic E-state index is 6.03. The van der Waals surface area contributed by atoms with E-state index in [9.17, 15) is 0 Å². The number of halogens is 2. The largest absolute Gasteiger partial charge is 0.486 e. The molecule has 1 aromatic heterocycles. The number of hydrogen-bond donors (Lipinski definition) is 1. The molecule has 0 bridgehead atoms. The molecule has 7 heteroatoms. The molecule has 0 aliphatic heterocycles. The van der Waals surface area contributed by atoms with Crippen molar-refractivity contribution in [2.24, 2.45) is 0 Å². The van der Waals surface area contributed by atoms with Crippen LogP contribution < -0.4 is 10.1 Å². The van der Waals surface area contributed by atoms with Gasteiger partial charge in [-0.25, -0.2) is 0 Å². The van der Waals surface area contributed by atoms with Gasteiger partial charge in [0.15, 0.2) is 0 Å². The molecule has 0 saturated heterocycles. The lowest BCUT2D eigenvalue weighted by Crippen LogP contribution is -2.03. The van der Waals surface area contributed by atoms with Crippen LogP contribution in [-0.4, -0.2) is 16.1 Å². The number of aromatic nitrogens is 2. The summed E-state index contributed by atoms with van der Waals surface area (Å²) in [5.74, 6) is 0.584. The van der Waals surface area contributed by atoms with E-state index in [0.29, 0.717) is 22.4 Å². The average molecular weight is 318 g/mol. The predicted octanol–water partition coefficient (Wildman–Crippen LogP) is 4.25. The Morgan fingerprint density at radius 3 is 2.95 bits per heavy atom. The van der Waals surface area contributed by atoms with Crippen LogP contribution in [0, 0.1) is 0 Å². The molecule has 1 heterocycles. The van der Waals surface area contributed by atoms with Gasteiger partial charge in [0, 0.05) is 23.1 Å². The minimum Gasteiger partial charge on any atom is -0.486 e. The quantitative estimate of drug-likeness (QED) is 0.865. The Balaban J connectivity index is 2.00. The van der Waals surface area contributed by atoms with Crippen LogP contribution in [0.1, 0.15) is 19.0 Å². The van der Waals surface area contributed by atoms with Crippen molar-refractivity contribution < 1.29 is 4.74 Å². The molecule has 0 aliphatic carbocycles. The first-order chi connectivity index (χ1) is 9.20. The highest BCUT2D eigenvalue weighted by molar-refractivity contribution is 7.10. The zero-order chi connectivity index (χ0) is 13.7. The van der Waals surface area contributed by atoms with Gasteiger partial charge in [0.2, 0.25) is 0 Å². The fraction of sp³-hybridized carbons (Fsp3) is 0.333. The SMILES string of the molecule is CCCNc1snnc1COc1ccc(Cl)cc1Cl. The molecule has 0 amide bonds. The van der Waals surface area contributed by atoms with E-state index in [1.54, 1.807) is 18.2 Å². The van der Waals surface area contributed by atoms with Crippen molar-refractivity contribution in [3.63, 3.8) is 0 Å². The standard InChI is InChI=1S/C12H13Cl2N3OS/c1-2-5-15-12-10(16-17-19-12)7-18-11-4-3-8(13)6-9(11)14/h3-4,6,15H,2,5,7H2,1H3. The van der Waals surface area contributed by atoms with Crippen LogP contribution in [0.2, 0.25) is 10.0 Å². The van der Waals surface area contributed by atoms with E-state index in [0.717, 1.165) is 23.7 Å². The summed E-state index contributed by atoms with van der Waals surface area (Å²) >= 11 is 13.2. The zero-order valence-electron chi connectivity index (χ0n) is 10.3. The fourth-order valence-corrected chi connectivity index (χ4v) is 2.47. The predicted molar refractivity (Wildman–Crippen MR) is 79.5 cm³/mol. The van der Waals surface area contributed by atoms with Crippen LogP contribution in [0.15, 0.2) is 18.2 Å². The summed E-state index contributed by atoms with van der Waals surface area (Å²) in [5, 5.41) is 9.31. The second-order valence-electron chi connectivity index (χ2n) is 3.84. The first kappa shape index (κ1) is 14.4. The van der Waals surface area contributed by atoms with E-state index in [1.807, 2.05) is 0 Å². The van der Waals surface area contributed by atoms with Crippen molar-refractivity contribution in [2.75, 3.05) is 11.9 Å². The summed E-state index contributed by atoms with van der Waals surface area (Å²) in [6.07, 6.45) is 1.04. The van der Waals surface area contributed by atoms with Gasteiger partial charge in [-0.1, -0.05) is 34.6 Å². The Morgan fingerprint density at radius 1 is 1.37 bits per heavy atom. The number of anilines is 1. The van der Waals surface area contributed by atoms with Crippen molar-refractivity contribution in [3.8, 4) is 5.75 Å². The monoisotopic (exact) mass is 317 g/mol. The molecule has 1 N–H and O–H groups in total. The van der Waals surface area contributed by atoms with Crippen LogP contribution in [0.25, 0.3) is 0 Å². The highest BCUT2D eigenvalue weighted by Gasteiger charge is 2.09. The van der Waals surface area contributed by atoms with Gasteiger partial charge in [-0.2, -0.15) is 0 Å². The molecule has 2 rings (SSSR count). The van der Waals surface area contributed by atoms with E-state index in [4.69, 9.17) is 27.9 Å². The third kappa shape index (κ3) is 3.96. The highest BCUT2D eigenvalue weighted by Crippen LogP contribution is 2.29. The van der Waals surface area contributed by atoms with Gasteiger partial charge in [0.25, 0.3) is 0 Å². The van der Waals surface area contributed by atoms with Crippen LogP contribution in [0.4, 0.5) is 5.00 Å². The Kier molecular flexibility index (Phi) is 5.24. The second-order valence-corrected chi connectivity index (χ2v) is 5.44. The number of hydrogen-bond acceptors (Lipinski definition) is 5. The summed E-state index contributed by atoms with van der Waals surface area (Å²) in [7, 11) is 0. The Bertz CT molecular complexity index is 548. The molecule has 4 nitrogen and oxygen atoms in total. The Labute approximate surface area is 125 Å². The number of nitrogens with one attached hydrogen (secondary N) is 1. The number of nitrogens with zero attached hydrogens (tertiary/aromatic N) is 2. The van der Waals surface area contributed by atoms with Crippen LogP contribution in [0.3, 0.4) is 0 Å². The van der Waals surface area contributed by atoms with Crippen molar-refractivity contribution in [3.05, 3.63) is 33.9 Å². The minimum absolute atomic E-state index is 0.323. The molecule has 0 fully saturated rings. The minimum atomic E-state index is 0.323. The molecular formula is C12H13Cl2N3OS. The molecule has 0 aliphatic rings. The van der Waals surface area contributed by atoms with Crippen LogP contribution >= 0.6 is 34.7 Å². The van der Waals surface area contributed by atoms with Gasteiger partial charge in [0.1, 0.15) is 23.1 Å². The third-order valence-electron chi connectivity index (χ3n) is 2.35. The smallest absolute Gasteiger partial charge is 0.138 e. The van der Waals surface area contributed by atoms with Crippen LogP contribution in [-0.2, 0) is 6.61 Å². The van der Waals surface area contributed by atoms with Gasteiger partial charge in [-0.05, 0) is 24.6 Å². The van der Waals surface area contributed by atoms with Gasteiger partial charge in [0.05, 0.1) is 5.02 Å². The molecule has 0 radical (unpaired) electrons. The maximum absolute atomic E-state index is 6.03. The normalized spacial score (nSPS) is 10.5. The second kappa shape index (κ2) is 6.93. The summed E-state index contributed by atoms with van der Waals surface area (Å²) in [6.45, 7) is 3.31. The van der Waals surface area contributed by atoms with Crippen LogP contribution in [0.5, 0.6) is 5.75 Å². The molecule has 0 unspecified atom stereocenters. The Hall–Kier alpha value is -1.04. The number of ether oxygens (including phenoxy) is 1. The Morgan fingerprint density at radius 2 is 2.21 bits per heavy atom. The fourth-order valence-electron chi connectivity index (χ4n) is 1.41. The van der Waals surface area contributed by atoms with E-state index in [-0.39, 0.29) is 0 Å². The van der Waals surface area contributed by atoms with Crippen molar-refractivity contribution >= 4 is 39.7 Å². The zero-order valence-corrected chi connectivity index (χ0v) is 12.6. The van der Waals surface area contributed by atoms with E-state index < -0.39 is 0 Å². The first-order valence-corrected chi connectivity index (χ1v) is 7.36. The summed E-state index contributed by atoms with van der Waals surface area (Å²) < 4.78 is 9.55.